The van der Waals surface area contributed by atoms with Crippen LogP contribution in [0.1, 0.15) is 62.3 Å². The molecule has 196 valence electrons. The van der Waals surface area contributed by atoms with Gasteiger partial charge in [0.2, 0.25) is 0 Å². The van der Waals surface area contributed by atoms with Crippen LogP contribution in [-0.2, 0) is 19.2 Å². The van der Waals surface area contributed by atoms with Gasteiger partial charge in [0, 0.05) is 30.2 Å². The zero-order chi connectivity index (χ0) is 28.0. The summed E-state index contributed by atoms with van der Waals surface area (Å²) in [6, 6.07) is 0. The Balaban J connectivity index is -0.000000179. The van der Waals surface area contributed by atoms with E-state index in [4.69, 9.17) is 0 Å². The van der Waals surface area contributed by atoms with Gasteiger partial charge >= 0.3 is 0 Å². The summed E-state index contributed by atoms with van der Waals surface area (Å²) in [6.07, 6.45) is 8.27. The monoisotopic (exact) mass is 481 g/mol. The van der Waals surface area contributed by atoms with Crippen LogP contribution in [0, 0.1) is 23.7 Å². The van der Waals surface area contributed by atoms with E-state index in [9.17, 15) is 23.6 Å². The van der Waals surface area contributed by atoms with Crippen LogP contribution in [0.4, 0.5) is 4.39 Å². The average Bonchev–Trinajstić information content (AvgIpc) is 2.73. The lowest BCUT2D eigenvalue weighted by Gasteiger charge is -2.03. The molecule has 5 nitrogen and oxygen atoms in total. The number of rotatable bonds is 10. The van der Waals surface area contributed by atoms with Gasteiger partial charge in [-0.25, -0.2) is 4.39 Å². The molecule has 34 heavy (non-hydrogen) atoms. The minimum atomic E-state index is -0.847. The minimum Gasteiger partial charge on any atom is -0.306 e. The Morgan fingerprint density at radius 1 is 0.765 bits per heavy atom. The number of likely N-dealkylation sites (N-methyl/N-ethyl adjacent to an activating group) is 1. The van der Waals surface area contributed by atoms with Gasteiger partial charge in [0.05, 0.1) is 0 Å². The van der Waals surface area contributed by atoms with Crippen LogP contribution in [0.5, 0.6) is 0 Å². The summed E-state index contributed by atoms with van der Waals surface area (Å²) in [7, 11) is 3.95. The van der Waals surface area contributed by atoms with Crippen LogP contribution < -0.4 is 0 Å². The van der Waals surface area contributed by atoms with E-state index in [0.717, 1.165) is 6.54 Å². The van der Waals surface area contributed by atoms with Crippen molar-refractivity contribution in [1.29, 1.82) is 0 Å². The first kappa shape index (κ1) is 38.8. The molecule has 0 bridgehead atoms. The van der Waals surface area contributed by atoms with Gasteiger partial charge < -0.3 is 4.90 Å². The van der Waals surface area contributed by atoms with Crippen LogP contribution in [0.25, 0.3) is 0 Å². The van der Waals surface area contributed by atoms with Gasteiger partial charge in [0.25, 0.3) is 0 Å². The van der Waals surface area contributed by atoms with E-state index in [0.29, 0.717) is 0 Å². The largest absolute Gasteiger partial charge is 0.306 e. The zero-order valence-corrected chi connectivity index (χ0v) is 23.3. The van der Waals surface area contributed by atoms with Gasteiger partial charge in [-0.1, -0.05) is 80.7 Å². The Kier molecular flexibility index (Phi) is 27.0. The van der Waals surface area contributed by atoms with Crippen molar-refractivity contribution in [2.24, 2.45) is 23.7 Å². The van der Waals surface area contributed by atoms with E-state index in [1.807, 2.05) is 73.5 Å². The number of Topliss-reactive ketones (excluding diaryl/α,β-unsaturated/α-hetero) is 1. The molecule has 6 heteroatoms. The summed E-state index contributed by atoms with van der Waals surface area (Å²) in [5, 5.41) is 0. The van der Waals surface area contributed by atoms with Crippen molar-refractivity contribution < 1.29 is 23.6 Å². The van der Waals surface area contributed by atoms with Crippen molar-refractivity contribution in [3.05, 3.63) is 49.4 Å². The Morgan fingerprint density at radius 2 is 1.15 bits per heavy atom. The highest BCUT2D eigenvalue weighted by atomic mass is 19.1. The summed E-state index contributed by atoms with van der Waals surface area (Å²) in [5.41, 5.74) is 0. The molecule has 0 spiro atoms. The van der Waals surface area contributed by atoms with Crippen molar-refractivity contribution in [3.8, 4) is 0 Å². The Morgan fingerprint density at radius 3 is 1.29 bits per heavy atom. The summed E-state index contributed by atoms with van der Waals surface area (Å²) < 4.78 is 11.8. The molecule has 0 unspecified atom stereocenters. The number of hydrogen-bond acceptors (Lipinski definition) is 5. The van der Waals surface area contributed by atoms with Gasteiger partial charge in [-0.05, 0) is 39.2 Å². The quantitative estimate of drug-likeness (QED) is 0.347. The highest BCUT2D eigenvalue weighted by Gasteiger charge is 2.09. The number of nitrogens with zero attached hydrogens (tertiary/aromatic N) is 1. The minimum absolute atomic E-state index is 0.109. The lowest BCUT2D eigenvalue weighted by atomic mass is 10.1. The molecule has 0 aliphatic heterocycles. The number of ketones is 4. The molecular weight excluding hydrogens is 433 g/mol. The van der Waals surface area contributed by atoms with E-state index in [-0.39, 0.29) is 41.0 Å². The van der Waals surface area contributed by atoms with Crippen LogP contribution in [0.15, 0.2) is 49.4 Å². The number of halogens is 1. The second-order valence-corrected chi connectivity index (χ2v) is 8.96. The molecule has 0 aromatic heterocycles. The molecule has 0 amide bonds. The molecule has 0 atom stereocenters. The van der Waals surface area contributed by atoms with Crippen LogP contribution in [0.2, 0.25) is 0 Å². The first-order valence-corrected chi connectivity index (χ1v) is 11.5. The molecule has 0 heterocycles. The first-order chi connectivity index (χ1) is 15.5. The smallest absolute Gasteiger partial charge is 0.193 e. The van der Waals surface area contributed by atoms with Crippen molar-refractivity contribution in [2.75, 3.05) is 20.6 Å². The van der Waals surface area contributed by atoms with E-state index in [1.54, 1.807) is 32.1 Å². The highest BCUT2D eigenvalue weighted by molar-refractivity contribution is 5.94. The van der Waals surface area contributed by atoms with Crippen LogP contribution >= 0.6 is 0 Å². The fourth-order valence-corrected chi connectivity index (χ4v) is 1.48. The molecule has 0 aliphatic carbocycles. The van der Waals surface area contributed by atoms with Gasteiger partial charge in [-0.2, -0.15) is 0 Å². The van der Waals surface area contributed by atoms with Crippen molar-refractivity contribution >= 4 is 23.1 Å². The van der Waals surface area contributed by atoms with Crippen LogP contribution in [-0.4, -0.2) is 48.7 Å². The van der Waals surface area contributed by atoms with Crippen molar-refractivity contribution in [3.63, 3.8) is 0 Å². The average molecular weight is 482 g/mol. The molecule has 0 saturated heterocycles. The molecule has 0 aromatic rings. The lowest BCUT2D eigenvalue weighted by molar-refractivity contribution is -0.120. The third kappa shape index (κ3) is 29.5. The third-order valence-electron chi connectivity index (χ3n) is 3.78. The van der Waals surface area contributed by atoms with E-state index < -0.39 is 11.6 Å². The Labute approximate surface area is 207 Å². The number of allylic oxidation sites excluding steroid dienone is 5. The van der Waals surface area contributed by atoms with Crippen LogP contribution in [0.3, 0.4) is 0 Å². The summed E-state index contributed by atoms with van der Waals surface area (Å²) in [6.45, 7) is 23.4. The second-order valence-electron chi connectivity index (χ2n) is 8.96. The topological polar surface area (TPSA) is 71.5 Å². The SMILES string of the molecule is C/C=C/C(=O)C(C)C.C=C(F)C(=O)C(C)C.C=CC(=O)C(C)C.CC(C)C(=O)/C=C/CN(C)C. The second kappa shape index (κ2) is 23.7. The van der Waals surface area contributed by atoms with Gasteiger partial charge in [-0.3, -0.25) is 19.2 Å². The fraction of sp³-hybridized carbons (Fsp3) is 0.571. The van der Waals surface area contributed by atoms with Gasteiger partial charge in [0.1, 0.15) is 0 Å². The molecular formula is C28H48FNO4. The number of carbonyl (C=O) groups is 4. The first-order valence-electron chi connectivity index (χ1n) is 11.5. The number of hydrogen-bond donors (Lipinski definition) is 0. The van der Waals surface area contributed by atoms with E-state index in [2.05, 4.69) is 13.2 Å². The Hall–Kier alpha value is -2.47. The van der Waals surface area contributed by atoms with Crippen molar-refractivity contribution in [2.45, 2.75) is 62.3 Å². The molecule has 0 fully saturated rings. The zero-order valence-electron chi connectivity index (χ0n) is 23.3. The van der Waals surface area contributed by atoms with Crippen molar-refractivity contribution in [1.82, 2.24) is 4.90 Å². The third-order valence-corrected chi connectivity index (χ3v) is 3.78. The maximum atomic E-state index is 11.8. The van der Waals surface area contributed by atoms with E-state index in [1.165, 1.54) is 6.08 Å². The summed E-state index contributed by atoms with van der Waals surface area (Å²) >= 11 is 0. The molecule has 0 aromatic carbocycles. The molecule has 0 saturated carbocycles. The van der Waals surface area contributed by atoms with E-state index >= 15 is 0 Å². The molecule has 0 radical (unpaired) electrons. The summed E-state index contributed by atoms with van der Waals surface area (Å²) in [4.78, 5) is 44.5. The fourth-order valence-electron chi connectivity index (χ4n) is 1.48. The predicted molar refractivity (Wildman–Crippen MR) is 142 cm³/mol. The standard InChI is InChI=1S/C9H17NO.C7H12O.C6H9FO.C6H10O/c1-8(2)9(11)6-5-7-10(3)4;1-4-5-7(8)6(2)3;1-4(2)6(8)5(3)7;1-4-6(7)5(2)3/h5-6,8H,7H2,1-4H3;4-6H,1-3H3;4H,3H2,1-2H3;4-5H,1H2,2-3H3/b6-5+;5-4+;;. The predicted octanol–water partition coefficient (Wildman–Crippen LogP) is 6.21. The lowest BCUT2D eigenvalue weighted by Crippen LogP contribution is -2.11. The van der Waals surface area contributed by atoms with Gasteiger partial charge in [-0.15, -0.1) is 0 Å². The number of carbonyl (C=O) groups excluding carboxylic acids is 4. The maximum Gasteiger partial charge on any atom is 0.193 e. The molecule has 0 N–H and O–H groups in total. The highest BCUT2D eigenvalue weighted by Crippen LogP contribution is 2.03. The normalized spacial score (nSPS) is 10.5. The maximum absolute atomic E-state index is 11.8. The molecule has 0 aliphatic rings. The summed E-state index contributed by atoms with van der Waals surface area (Å²) in [5.74, 6) is -0.742. The molecule has 0 rings (SSSR count). The van der Waals surface area contributed by atoms with Gasteiger partial charge in [0.15, 0.2) is 29.0 Å². The Bertz CT molecular complexity index is 685.